The molecule has 0 radical (unpaired) electrons. The van der Waals surface area contributed by atoms with Crippen LogP contribution in [0, 0.1) is 5.92 Å². The second kappa shape index (κ2) is 6.38. The van der Waals surface area contributed by atoms with Gasteiger partial charge in [0.05, 0.1) is 6.04 Å². The Kier molecular flexibility index (Phi) is 5.46. The van der Waals surface area contributed by atoms with Crippen molar-refractivity contribution in [1.29, 1.82) is 0 Å². The summed E-state index contributed by atoms with van der Waals surface area (Å²) < 4.78 is 0. The van der Waals surface area contributed by atoms with Gasteiger partial charge in [0.1, 0.15) is 0 Å². The van der Waals surface area contributed by atoms with Crippen LogP contribution in [0.2, 0.25) is 0 Å². The Balaban J connectivity index is 2.72. The van der Waals surface area contributed by atoms with Crippen LogP contribution < -0.4 is 5.73 Å². The number of nitrogens with two attached hydrogens (primary N) is 1. The van der Waals surface area contributed by atoms with E-state index in [0.717, 1.165) is 13.0 Å². The molecule has 1 rings (SSSR count). The third kappa shape index (κ3) is 3.58. The maximum Gasteiger partial charge on any atom is 0.0562 e. The van der Waals surface area contributed by atoms with E-state index in [4.69, 9.17) is 5.73 Å². The quantitative estimate of drug-likeness (QED) is 0.828. The molecule has 0 amide bonds. The minimum atomic E-state index is 0.382. The zero-order valence-electron chi connectivity index (χ0n) is 10.9. The first-order chi connectivity index (χ1) is 7.58. The Morgan fingerprint density at radius 1 is 1.38 bits per heavy atom. The molecule has 92 valence electrons. The van der Waals surface area contributed by atoms with E-state index in [-0.39, 0.29) is 0 Å². The number of hydrogen-bond donors (Lipinski definition) is 1. The molecule has 0 aliphatic carbocycles. The second-order valence-electron chi connectivity index (χ2n) is 4.74. The van der Waals surface area contributed by atoms with Crippen LogP contribution in [0.5, 0.6) is 0 Å². The van der Waals surface area contributed by atoms with Crippen molar-refractivity contribution in [3.63, 3.8) is 0 Å². The number of likely N-dealkylation sites (N-methyl/N-ethyl adjacent to an activating group) is 1. The van der Waals surface area contributed by atoms with Crippen LogP contribution in [0.25, 0.3) is 0 Å². The van der Waals surface area contributed by atoms with Gasteiger partial charge in [-0.2, -0.15) is 0 Å². The Labute approximate surface area is 103 Å². The van der Waals surface area contributed by atoms with Gasteiger partial charge in [-0.3, -0.25) is 4.90 Å². The highest BCUT2D eigenvalue weighted by atomic mass is 32.1. The van der Waals surface area contributed by atoms with E-state index in [1.165, 1.54) is 9.75 Å². The fourth-order valence-corrected chi connectivity index (χ4v) is 3.11. The molecule has 1 atom stereocenters. The Bertz CT molecular complexity index is 307. The van der Waals surface area contributed by atoms with Crippen molar-refractivity contribution in [2.24, 2.45) is 11.7 Å². The van der Waals surface area contributed by atoms with Gasteiger partial charge in [-0.25, -0.2) is 0 Å². The predicted molar refractivity (Wildman–Crippen MR) is 73.0 cm³/mol. The number of aryl methyl sites for hydroxylation is 1. The van der Waals surface area contributed by atoms with Gasteiger partial charge in [0.2, 0.25) is 0 Å². The van der Waals surface area contributed by atoms with Crippen molar-refractivity contribution in [2.45, 2.75) is 33.2 Å². The molecule has 2 N–H and O–H groups in total. The SMILES string of the molecule is CCc1ccc(C(CN)N(C)CC(C)C)s1. The molecule has 0 spiro atoms. The van der Waals surface area contributed by atoms with Gasteiger partial charge < -0.3 is 5.73 Å². The van der Waals surface area contributed by atoms with Crippen molar-refractivity contribution >= 4 is 11.3 Å². The molecule has 2 nitrogen and oxygen atoms in total. The number of rotatable bonds is 6. The van der Waals surface area contributed by atoms with E-state index in [1.807, 2.05) is 11.3 Å². The summed E-state index contributed by atoms with van der Waals surface area (Å²) in [5.41, 5.74) is 5.90. The molecule has 1 heterocycles. The van der Waals surface area contributed by atoms with Crippen LogP contribution in [0.3, 0.4) is 0 Å². The molecule has 0 bridgehead atoms. The highest BCUT2D eigenvalue weighted by Crippen LogP contribution is 2.27. The highest BCUT2D eigenvalue weighted by Gasteiger charge is 2.17. The summed E-state index contributed by atoms with van der Waals surface area (Å²) in [4.78, 5) is 5.23. The Morgan fingerprint density at radius 2 is 2.06 bits per heavy atom. The molecule has 1 aromatic rings. The van der Waals surface area contributed by atoms with Crippen molar-refractivity contribution in [3.05, 3.63) is 21.9 Å². The van der Waals surface area contributed by atoms with Gasteiger partial charge in [0, 0.05) is 22.8 Å². The molecule has 3 heteroatoms. The van der Waals surface area contributed by atoms with Crippen LogP contribution >= 0.6 is 11.3 Å². The van der Waals surface area contributed by atoms with Crippen molar-refractivity contribution in [2.75, 3.05) is 20.1 Å². The van der Waals surface area contributed by atoms with Crippen LogP contribution in [0.1, 0.15) is 36.6 Å². The van der Waals surface area contributed by atoms with Gasteiger partial charge in [0.25, 0.3) is 0 Å². The zero-order chi connectivity index (χ0) is 12.1. The molecule has 0 aliphatic rings. The van der Waals surface area contributed by atoms with Crippen molar-refractivity contribution in [1.82, 2.24) is 4.90 Å². The zero-order valence-corrected chi connectivity index (χ0v) is 11.7. The van der Waals surface area contributed by atoms with E-state index < -0.39 is 0 Å². The van der Waals surface area contributed by atoms with Gasteiger partial charge in [0.15, 0.2) is 0 Å². The monoisotopic (exact) mass is 240 g/mol. The largest absolute Gasteiger partial charge is 0.329 e. The standard InChI is InChI=1S/C13H24N2S/c1-5-11-6-7-13(16-11)12(8-14)15(4)9-10(2)3/h6-7,10,12H,5,8-9,14H2,1-4H3. The lowest BCUT2D eigenvalue weighted by Gasteiger charge is -2.27. The lowest BCUT2D eigenvalue weighted by atomic mass is 10.1. The van der Waals surface area contributed by atoms with Gasteiger partial charge in [-0.05, 0) is 31.5 Å². The summed E-state index contributed by atoms with van der Waals surface area (Å²) in [5.74, 6) is 0.685. The average Bonchev–Trinajstić information content (AvgIpc) is 2.66. The summed E-state index contributed by atoms with van der Waals surface area (Å²) in [6.07, 6.45) is 1.12. The van der Waals surface area contributed by atoms with Gasteiger partial charge >= 0.3 is 0 Å². The maximum absolute atomic E-state index is 5.90. The molecule has 0 saturated heterocycles. The minimum absolute atomic E-state index is 0.382. The fourth-order valence-electron chi connectivity index (χ4n) is 1.98. The number of nitrogens with zero attached hydrogens (tertiary/aromatic N) is 1. The normalized spacial score (nSPS) is 13.7. The first-order valence-corrected chi connectivity index (χ1v) is 6.89. The highest BCUT2D eigenvalue weighted by molar-refractivity contribution is 7.12. The van der Waals surface area contributed by atoms with Gasteiger partial charge in [-0.1, -0.05) is 20.8 Å². The van der Waals surface area contributed by atoms with Crippen molar-refractivity contribution in [3.8, 4) is 0 Å². The third-order valence-electron chi connectivity index (χ3n) is 2.77. The molecule has 1 unspecified atom stereocenters. The Hall–Kier alpha value is -0.380. The lowest BCUT2D eigenvalue weighted by Crippen LogP contribution is -2.32. The molecule has 0 fully saturated rings. The molecule has 16 heavy (non-hydrogen) atoms. The minimum Gasteiger partial charge on any atom is -0.329 e. The molecule has 0 saturated carbocycles. The topological polar surface area (TPSA) is 29.3 Å². The van der Waals surface area contributed by atoms with E-state index in [9.17, 15) is 0 Å². The van der Waals surface area contributed by atoms with E-state index in [1.54, 1.807) is 0 Å². The summed E-state index contributed by atoms with van der Waals surface area (Å²) in [6.45, 7) is 8.49. The number of hydrogen-bond acceptors (Lipinski definition) is 3. The van der Waals surface area contributed by atoms with Crippen LogP contribution in [-0.4, -0.2) is 25.0 Å². The summed E-state index contributed by atoms with van der Waals surface area (Å²) >= 11 is 1.90. The summed E-state index contributed by atoms with van der Waals surface area (Å²) in [7, 11) is 2.17. The third-order valence-corrected chi connectivity index (χ3v) is 4.10. The Morgan fingerprint density at radius 3 is 2.50 bits per heavy atom. The molecule has 1 aromatic heterocycles. The summed E-state index contributed by atoms with van der Waals surface area (Å²) in [5, 5.41) is 0. The van der Waals surface area contributed by atoms with Crippen LogP contribution in [0.4, 0.5) is 0 Å². The molecular formula is C13H24N2S. The predicted octanol–water partition coefficient (Wildman–Crippen LogP) is 2.90. The first kappa shape index (κ1) is 13.7. The fraction of sp³-hybridized carbons (Fsp3) is 0.692. The maximum atomic E-state index is 5.90. The van der Waals surface area contributed by atoms with Crippen molar-refractivity contribution < 1.29 is 0 Å². The molecule has 0 aromatic carbocycles. The van der Waals surface area contributed by atoms with Crippen LogP contribution in [-0.2, 0) is 6.42 Å². The molecular weight excluding hydrogens is 216 g/mol. The molecule has 0 aliphatic heterocycles. The van der Waals surface area contributed by atoms with E-state index in [0.29, 0.717) is 18.5 Å². The lowest BCUT2D eigenvalue weighted by molar-refractivity contribution is 0.226. The first-order valence-electron chi connectivity index (χ1n) is 6.07. The second-order valence-corrected chi connectivity index (χ2v) is 5.94. The van der Waals surface area contributed by atoms with Crippen LogP contribution in [0.15, 0.2) is 12.1 Å². The van der Waals surface area contributed by atoms with E-state index >= 15 is 0 Å². The average molecular weight is 240 g/mol. The smallest absolute Gasteiger partial charge is 0.0562 e. The van der Waals surface area contributed by atoms with E-state index in [2.05, 4.69) is 44.9 Å². The summed E-state index contributed by atoms with van der Waals surface area (Å²) in [6, 6.07) is 4.84. The van der Waals surface area contributed by atoms with Gasteiger partial charge in [-0.15, -0.1) is 11.3 Å². The number of thiophene rings is 1.